The molecule has 0 heterocycles. The van der Waals surface area contributed by atoms with Crippen LogP contribution < -0.4 is 0 Å². The van der Waals surface area contributed by atoms with Gasteiger partial charge in [0, 0.05) is 0 Å². The van der Waals surface area contributed by atoms with Gasteiger partial charge in [-0.3, -0.25) is 0 Å². The van der Waals surface area contributed by atoms with E-state index in [1.165, 1.54) is 7.11 Å². The van der Waals surface area contributed by atoms with Crippen molar-refractivity contribution >= 4 is 5.97 Å². The summed E-state index contributed by atoms with van der Waals surface area (Å²) >= 11 is 0. The van der Waals surface area contributed by atoms with Gasteiger partial charge in [-0.05, 0) is 48.9 Å². The number of methoxy groups -OCH3 is 1. The Morgan fingerprint density at radius 1 is 1.53 bits per heavy atom. The molecule has 0 bridgehead atoms. The topological polar surface area (TPSA) is 46.5 Å². The number of aliphatic hydroxyl groups is 1. The number of ether oxygens (including phenoxy) is 1. The zero-order chi connectivity index (χ0) is 12.5. The van der Waals surface area contributed by atoms with E-state index in [9.17, 15) is 9.90 Å². The van der Waals surface area contributed by atoms with Gasteiger partial charge in [-0.2, -0.15) is 0 Å². The number of aryl methyl sites for hydroxylation is 1. The second-order valence-electron chi connectivity index (χ2n) is 4.60. The summed E-state index contributed by atoms with van der Waals surface area (Å²) in [6, 6.07) is 5.45. The van der Waals surface area contributed by atoms with Crippen LogP contribution >= 0.6 is 0 Å². The summed E-state index contributed by atoms with van der Waals surface area (Å²) < 4.78 is 4.70. The van der Waals surface area contributed by atoms with Crippen LogP contribution in [-0.4, -0.2) is 18.2 Å². The average Bonchev–Trinajstić information content (AvgIpc) is 2.37. The first-order chi connectivity index (χ1) is 8.10. The molecular formula is C14H18O3. The number of esters is 1. The van der Waals surface area contributed by atoms with E-state index < -0.39 is 5.60 Å². The van der Waals surface area contributed by atoms with Crippen molar-refractivity contribution in [3.63, 3.8) is 0 Å². The Labute approximate surface area is 101 Å². The van der Waals surface area contributed by atoms with Crippen molar-refractivity contribution in [2.24, 2.45) is 0 Å². The number of hydrogen-bond donors (Lipinski definition) is 1. The smallest absolute Gasteiger partial charge is 0.337 e. The van der Waals surface area contributed by atoms with Crippen molar-refractivity contribution in [1.82, 2.24) is 0 Å². The second kappa shape index (κ2) is 4.49. The van der Waals surface area contributed by atoms with Gasteiger partial charge >= 0.3 is 5.97 Å². The molecule has 1 atom stereocenters. The van der Waals surface area contributed by atoms with E-state index in [1.54, 1.807) is 6.07 Å². The maximum absolute atomic E-state index is 11.4. The van der Waals surface area contributed by atoms with E-state index in [1.807, 2.05) is 19.1 Å². The fraction of sp³-hybridized carbons (Fsp3) is 0.500. The first-order valence-corrected chi connectivity index (χ1v) is 6.05. The Hall–Kier alpha value is -1.35. The summed E-state index contributed by atoms with van der Waals surface area (Å²) in [5, 5.41) is 10.5. The van der Waals surface area contributed by atoms with E-state index >= 15 is 0 Å². The Morgan fingerprint density at radius 2 is 2.29 bits per heavy atom. The second-order valence-corrected chi connectivity index (χ2v) is 4.60. The van der Waals surface area contributed by atoms with Gasteiger partial charge in [-0.25, -0.2) is 4.79 Å². The Bertz CT molecular complexity index is 439. The van der Waals surface area contributed by atoms with Gasteiger partial charge in [-0.1, -0.05) is 13.0 Å². The number of carbonyl (C=O) groups is 1. The van der Waals surface area contributed by atoms with Gasteiger partial charge in [0.05, 0.1) is 18.3 Å². The van der Waals surface area contributed by atoms with Crippen molar-refractivity contribution in [2.45, 2.75) is 38.2 Å². The number of carbonyl (C=O) groups excluding carboxylic acids is 1. The first kappa shape index (κ1) is 12.1. The molecule has 0 saturated carbocycles. The summed E-state index contributed by atoms with van der Waals surface area (Å²) in [7, 11) is 1.38. The summed E-state index contributed by atoms with van der Waals surface area (Å²) in [6.45, 7) is 1.99. The molecule has 0 aromatic heterocycles. The molecule has 0 fully saturated rings. The largest absolute Gasteiger partial charge is 0.465 e. The van der Waals surface area contributed by atoms with Gasteiger partial charge in [0.15, 0.2) is 0 Å². The lowest BCUT2D eigenvalue weighted by atomic mass is 9.77. The fourth-order valence-electron chi connectivity index (χ4n) is 2.57. The molecule has 92 valence electrons. The molecule has 0 saturated heterocycles. The fourth-order valence-corrected chi connectivity index (χ4v) is 2.57. The highest BCUT2D eigenvalue weighted by atomic mass is 16.5. The van der Waals surface area contributed by atoms with Crippen LogP contribution in [-0.2, 0) is 16.8 Å². The molecule has 3 heteroatoms. The minimum atomic E-state index is -0.720. The highest BCUT2D eigenvalue weighted by Gasteiger charge is 2.32. The molecule has 0 amide bonds. The Balaban J connectivity index is 2.43. The first-order valence-electron chi connectivity index (χ1n) is 6.05. The normalized spacial score (nSPS) is 23.0. The lowest BCUT2D eigenvalue weighted by Gasteiger charge is -2.33. The van der Waals surface area contributed by atoms with Gasteiger partial charge in [0.25, 0.3) is 0 Å². The van der Waals surface area contributed by atoms with Crippen molar-refractivity contribution in [1.29, 1.82) is 0 Å². The highest BCUT2D eigenvalue weighted by molar-refractivity contribution is 5.89. The highest BCUT2D eigenvalue weighted by Crippen LogP contribution is 2.37. The minimum absolute atomic E-state index is 0.321. The average molecular weight is 234 g/mol. The number of fused-ring (bicyclic) bond motifs is 1. The summed E-state index contributed by atoms with van der Waals surface area (Å²) in [4.78, 5) is 11.4. The lowest BCUT2D eigenvalue weighted by molar-refractivity contribution is 0.0147. The predicted octanol–water partition coefficient (Wildman–Crippen LogP) is 2.41. The maximum atomic E-state index is 11.4. The maximum Gasteiger partial charge on any atom is 0.337 e. The minimum Gasteiger partial charge on any atom is -0.465 e. The molecular weight excluding hydrogens is 216 g/mol. The van der Waals surface area contributed by atoms with Crippen LogP contribution in [0.5, 0.6) is 0 Å². The Kier molecular flexibility index (Phi) is 3.20. The van der Waals surface area contributed by atoms with E-state index in [0.29, 0.717) is 12.0 Å². The Morgan fingerprint density at radius 3 is 2.94 bits per heavy atom. The summed E-state index contributed by atoms with van der Waals surface area (Å²) in [5.74, 6) is -0.321. The number of benzene rings is 1. The standard InChI is InChI=1S/C14H18O3/c1-3-14(16)8-4-5-10-9-11(13(15)17-2)6-7-12(10)14/h6-7,9,16H,3-5,8H2,1-2H3/t14-/m1/s1. The summed E-state index contributed by atoms with van der Waals surface area (Å²) in [5.41, 5.74) is 1.89. The molecule has 1 N–H and O–H groups in total. The molecule has 0 unspecified atom stereocenters. The SMILES string of the molecule is CC[C@@]1(O)CCCc2cc(C(=O)OC)ccc21. The third-order valence-corrected chi connectivity index (χ3v) is 3.65. The third kappa shape index (κ3) is 2.07. The van der Waals surface area contributed by atoms with Crippen LogP contribution in [0.1, 0.15) is 47.7 Å². The van der Waals surface area contributed by atoms with E-state index in [2.05, 4.69) is 0 Å². The zero-order valence-corrected chi connectivity index (χ0v) is 10.3. The molecule has 1 aliphatic carbocycles. The van der Waals surface area contributed by atoms with Crippen LogP contribution in [0, 0.1) is 0 Å². The summed E-state index contributed by atoms with van der Waals surface area (Å²) in [6.07, 6.45) is 3.39. The van der Waals surface area contributed by atoms with Gasteiger partial charge in [0.2, 0.25) is 0 Å². The van der Waals surface area contributed by atoms with Crippen LogP contribution in [0.15, 0.2) is 18.2 Å². The number of hydrogen-bond acceptors (Lipinski definition) is 3. The van der Waals surface area contributed by atoms with E-state index in [-0.39, 0.29) is 5.97 Å². The number of rotatable bonds is 2. The molecule has 1 aromatic carbocycles. The van der Waals surface area contributed by atoms with Crippen LogP contribution in [0.2, 0.25) is 0 Å². The van der Waals surface area contributed by atoms with Crippen molar-refractivity contribution < 1.29 is 14.6 Å². The molecule has 0 aliphatic heterocycles. The van der Waals surface area contributed by atoms with Gasteiger partial charge in [0.1, 0.15) is 0 Å². The molecule has 2 rings (SSSR count). The van der Waals surface area contributed by atoms with Crippen LogP contribution in [0.3, 0.4) is 0 Å². The molecule has 3 nitrogen and oxygen atoms in total. The molecule has 1 aliphatic rings. The third-order valence-electron chi connectivity index (χ3n) is 3.65. The lowest BCUT2D eigenvalue weighted by Crippen LogP contribution is -2.30. The van der Waals surface area contributed by atoms with E-state index in [4.69, 9.17) is 4.74 Å². The monoisotopic (exact) mass is 234 g/mol. The van der Waals surface area contributed by atoms with Gasteiger partial charge < -0.3 is 9.84 Å². The van der Waals surface area contributed by atoms with Crippen molar-refractivity contribution in [2.75, 3.05) is 7.11 Å². The van der Waals surface area contributed by atoms with Crippen molar-refractivity contribution in [3.8, 4) is 0 Å². The van der Waals surface area contributed by atoms with Crippen LogP contribution in [0.25, 0.3) is 0 Å². The molecule has 0 radical (unpaired) electrons. The van der Waals surface area contributed by atoms with Crippen LogP contribution in [0.4, 0.5) is 0 Å². The predicted molar refractivity (Wildman–Crippen MR) is 64.9 cm³/mol. The van der Waals surface area contributed by atoms with Gasteiger partial charge in [-0.15, -0.1) is 0 Å². The molecule has 17 heavy (non-hydrogen) atoms. The van der Waals surface area contributed by atoms with Crippen molar-refractivity contribution in [3.05, 3.63) is 34.9 Å². The quantitative estimate of drug-likeness (QED) is 0.799. The van der Waals surface area contributed by atoms with E-state index in [0.717, 1.165) is 30.4 Å². The molecule has 1 aromatic rings. The zero-order valence-electron chi connectivity index (χ0n) is 10.3. The molecule has 0 spiro atoms.